The van der Waals surface area contributed by atoms with Gasteiger partial charge in [0.15, 0.2) is 0 Å². The lowest BCUT2D eigenvalue weighted by molar-refractivity contribution is 0.143. The van der Waals surface area contributed by atoms with Crippen LogP contribution in [0.2, 0.25) is 0 Å². The van der Waals surface area contributed by atoms with Crippen LogP contribution in [0.1, 0.15) is 52.0 Å². The van der Waals surface area contributed by atoms with Gasteiger partial charge in [0.1, 0.15) is 0 Å². The minimum absolute atomic E-state index is 0.223. The average Bonchev–Trinajstić information content (AvgIpc) is 2.99. The third kappa shape index (κ3) is 3.64. The molecule has 0 amide bonds. The smallest absolute Gasteiger partial charge is 0.0130 e. The van der Waals surface area contributed by atoms with Gasteiger partial charge in [-0.2, -0.15) is 0 Å². The molecule has 0 saturated heterocycles. The Labute approximate surface area is 143 Å². The fourth-order valence-electron chi connectivity index (χ4n) is 4.50. The highest BCUT2D eigenvalue weighted by Crippen LogP contribution is 2.57. The highest BCUT2D eigenvalue weighted by atomic mass is 127. The Morgan fingerprint density at radius 2 is 1.90 bits per heavy atom. The Balaban J connectivity index is 1.78. The van der Waals surface area contributed by atoms with Crippen LogP contribution in [0.5, 0.6) is 0 Å². The van der Waals surface area contributed by atoms with Crippen LogP contribution in [0, 0.1) is 20.8 Å². The average molecular weight is 397 g/mol. The predicted octanol–water partition coefficient (Wildman–Crippen LogP) is 5.03. The van der Waals surface area contributed by atoms with E-state index in [1.54, 1.807) is 0 Å². The Morgan fingerprint density at radius 1 is 1.19 bits per heavy atom. The SMILES string of the molecule is CC(C)(C)NCC1(Cc2ccc(I)cc2)CC2CCC1C2. The van der Waals surface area contributed by atoms with Crippen molar-refractivity contribution in [3.05, 3.63) is 33.4 Å². The minimum atomic E-state index is 0.223. The highest BCUT2D eigenvalue weighted by Gasteiger charge is 2.50. The number of hydrogen-bond acceptors (Lipinski definition) is 1. The van der Waals surface area contributed by atoms with Gasteiger partial charge in [-0.1, -0.05) is 18.6 Å². The van der Waals surface area contributed by atoms with E-state index in [0.29, 0.717) is 5.41 Å². The van der Waals surface area contributed by atoms with E-state index in [0.717, 1.165) is 11.8 Å². The van der Waals surface area contributed by atoms with Crippen LogP contribution < -0.4 is 5.32 Å². The van der Waals surface area contributed by atoms with Crippen molar-refractivity contribution >= 4 is 22.6 Å². The van der Waals surface area contributed by atoms with Crippen molar-refractivity contribution < 1.29 is 0 Å². The quantitative estimate of drug-likeness (QED) is 0.703. The first-order chi connectivity index (χ1) is 9.86. The molecule has 2 saturated carbocycles. The van der Waals surface area contributed by atoms with Crippen LogP contribution in [0.25, 0.3) is 0 Å². The van der Waals surface area contributed by atoms with E-state index in [9.17, 15) is 0 Å². The first-order valence-electron chi connectivity index (χ1n) is 8.36. The maximum Gasteiger partial charge on any atom is 0.0130 e. The van der Waals surface area contributed by atoms with Crippen molar-refractivity contribution in [2.24, 2.45) is 17.3 Å². The molecule has 0 radical (unpaired) electrons. The number of nitrogens with one attached hydrogen (secondary N) is 1. The molecule has 3 rings (SSSR count). The molecule has 1 nitrogen and oxygen atoms in total. The molecule has 0 aromatic heterocycles. The van der Waals surface area contributed by atoms with Gasteiger partial charge >= 0.3 is 0 Å². The molecule has 1 N–H and O–H groups in total. The normalized spacial score (nSPS) is 31.8. The summed E-state index contributed by atoms with van der Waals surface area (Å²) >= 11 is 2.40. The lowest BCUT2D eigenvalue weighted by atomic mass is 9.69. The summed E-state index contributed by atoms with van der Waals surface area (Å²) in [5.41, 5.74) is 2.25. The van der Waals surface area contributed by atoms with Crippen molar-refractivity contribution in [1.29, 1.82) is 0 Å². The molecule has 0 heterocycles. The van der Waals surface area contributed by atoms with E-state index in [2.05, 4.69) is 72.9 Å². The van der Waals surface area contributed by atoms with Crippen LogP contribution in [0.4, 0.5) is 0 Å². The van der Waals surface area contributed by atoms with Gasteiger partial charge in [-0.25, -0.2) is 0 Å². The van der Waals surface area contributed by atoms with Crippen LogP contribution >= 0.6 is 22.6 Å². The number of fused-ring (bicyclic) bond motifs is 2. The molecule has 3 unspecified atom stereocenters. The highest BCUT2D eigenvalue weighted by molar-refractivity contribution is 14.1. The van der Waals surface area contributed by atoms with E-state index >= 15 is 0 Å². The van der Waals surface area contributed by atoms with E-state index in [1.807, 2.05) is 0 Å². The van der Waals surface area contributed by atoms with Gasteiger partial charge in [-0.15, -0.1) is 0 Å². The maximum atomic E-state index is 3.82. The van der Waals surface area contributed by atoms with Gasteiger partial charge in [-0.3, -0.25) is 0 Å². The van der Waals surface area contributed by atoms with Crippen LogP contribution in [0.15, 0.2) is 24.3 Å². The zero-order valence-corrected chi connectivity index (χ0v) is 15.7. The second kappa shape index (κ2) is 5.84. The second-order valence-electron chi connectivity index (χ2n) is 8.35. The third-order valence-corrected chi connectivity index (χ3v) is 6.26. The molecule has 3 atom stereocenters. The summed E-state index contributed by atoms with van der Waals surface area (Å²) in [7, 11) is 0. The fourth-order valence-corrected chi connectivity index (χ4v) is 4.86. The summed E-state index contributed by atoms with van der Waals surface area (Å²) in [4.78, 5) is 0. The minimum Gasteiger partial charge on any atom is -0.311 e. The first kappa shape index (κ1) is 15.8. The standard InChI is InChI=1S/C19H28IN/c1-18(2,3)21-13-19(12-15-4-7-16(19)10-15)11-14-5-8-17(20)9-6-14/h5-6,8-9,15-16,21H,4,7,10-13H2,1-3H3. The summed E-state index contributed by atoms with van der Waals surface area (Å²) in [6.45, 7) is 8.06. The van der Waals surface area contributed by atoms with Crippen molar-refractivity contribution in [3.8, 4) is 0 Å². The summed E-state index contributed by atoms with van der Waals surface area (Å²) < 4.78 is 1.34. The van der Waals surface area contributed by atoms with E-state index in [4.69, 9.17) is 0 Å². The number of rotatable bonds is 4. The molecule has 2 aliphatic carbocycles. The number of benzene rings is 1. The monoisotopic (exact) mass is 397 g/mol. The third-order valence-electron chi connectivity index (χ3n) is 5.54. The molecule has 0 spiro atoms. The summed E-state index contributed by atoms with van der Waals surface area (Å²) in [6.07, 6.45) is 7.12. The van der Waals surface area contributed by atoms with Gasteiger partial charge in [0.05, 0.1) is 0 Å². The Kier molecular flexibility index (Phi) is 4.39. The lowest BCUT2D eigenvalue weighted by Crippen LogP contribution is -2.47. The number of hydrogen-bond donors (Lipinski definition) is 1. The molecule has 21 heavy (non-hydrogen) atoms. The van der Waals surface area contributed by atoms with E-state index < -0.39 is 0 Å². The van der Waals surface area contributed by atoms with Crippen LogP contribution in [-0.2, 0) is 6.42 Å². The molecule has 1 aromatic carbocycles. The molecule has 2 bridgehead atoms. The molecular formula is C19H28IN. The van der Waals surface area contributed by atoms with Gasteiger partial charge in [0, 0.05) is 15.7 Å². The summed E-state index contributed by atoms with van der Waals surface area (Å²) in [6, 6.07) is 9.20. The lowest BCUT2D eigenvalue weighted by Gasteiger charge is -2.40. The van der Waals surface area contributed by atoms with Crippen molar-refractivity contribution in [2.75, 3.05) is 6.54 Å². The summed E-state index contributed by atoms with van der Waals surface area (Å²) in [5, 5.41) is 3.82. The topological polar surface area (TPSA) is 12.0 Å². The number of halogens is 1. The zero-order chi connectivity index (χ0) is 15.1. The Hall–Kier alpha value is -0.0900. The molecule has 1 aromatic rings. The predicted molar refractivity (Wildman–Crippen MR) is 98.5 cm³/mol. The molecule has 2 aliphatic rings. The fraction of sp³-hybridized carbons (Fsp3) is 0.684. The van der Waals surface area contributed by atoms with Gasteiger partial charge in [-0.05, 0) is 104 Å². The molecule has 0 aliphatic heterocycles. The van der Waals surface area contributed by atoms with Crippen LogP contribution in [-0.4, -0.2) is 12.1 Å². The Bertz CT molecular complexity index is 487. The van der Waals surface area contributed by atoms with E-state index in [1.165, 1.54) is 47.8 Å². The van der Waals surface area contributed by atoms with Crippen LogP contribution in [0.3, 0.4) is 0 Å². The first-order valence-corrected chi connectivity index (χ1v) is 9.44. The maximum absolute atomic E-state index is 3.82. The Morgan fingerprint density at radius 3 is 2.43 bits per heavy atom. The van der Waals surface area contributed by atoms with Crippen molar-refractivity contribution in [3.63, 3.8) is 0 Å². The van der Waals surface area contributed by atoms with Gasteiger partial charge in [0.2, 0.25) is 0 Å². The molecular weight excluding hydrogens is 369 g/mol. The molecule has 116 valence electrons. The molecule has 2 fully saturated rings. The van der Waals surface area contributed by atoms with Crippen molar-refractivity contribution in [2.45, 2.75) is 58.4 Å². The second-order valence-corrected chi connectivity index (χ2v) is 9.59. The largest absolute Gasteiger partial charge is 0.311 e. The van der Waals surface area contributed by atoms with E-state index in [-0.39, 0.29) is 5.54 Å². The van der Waals surface area contributed by atoms with Gasteiger partial charge < -0.3 is 5.32 Å². The summed E-state index contributed by atoms with van der Waals surface area (Å²) in [5.74, 6) is 1.94. The van der Waals surface area contributed by atoms with Gasteiger partial charge in [0.25, 0.3) is 0 Å². The zero-order valence-electron chi connectivity index (χ0n) is 13.6. The molecule has 2 heteroatoms. The van der Waals surface area contributed by atoms with Crippen molar-refractivity contribution in [1.82, 2.24) is 5.32 Å².